The van der Waals surface area contributed by atoms with Crippen molar-refractivity contribution in [2.45, 2.75) is 31.7 Å². The molecule has 2 aliphatic rings. The average Bonchev–Trinajstić information content (AvgIpc) is 3.14. The summed E-state index contributed by atoms with van der Waals surface area (Å²) in [5, 5.41) is 0. The Hall–Kier alpha value is -1.07. The Bertz CT molecular complexity index is 615. The van der Waals surface area contributed by atoms with E-state index in [-0.39, 0.29) is 0 Å². The molecule has 0 saturated carbocycles. The molecule has 5 heteroatoms. The van der Waals surface area contributed by atoms with E-state index >= 15 is 0 Å². The van der Waals surface area contributed by atoms with E-state index < -0.39 is 0 Å². The van der Waals surface area contributed by atoms with Gasteiger partial charge in [-0.1, -0.05) is 0 Å². The Balaban J connectivity index is 1.70. The highest BCUT2D eigenvalue weighted by atomic mass is 32.2. The van der Waals surface area contributed by atoms with Crippen LogP contribution >= 0.6 is 11.8 Å². The molecule has 0 amide bonds. The van der Waals surface area contributed by atoms with Crippen molar-refractivity contribution >= 4 is 22.9 Å². The molecule has 0 radical (unpaired) electrons. The van der Waals surface area contributed by atoms with Gasteiger partial charge in [-0.25, -0.2) is 9.97 Å². The van der Waals surface area contributed by atoms with Gasteiger partial charge in [-0.3, -0.25) is 0 Å². The van der Waals surface area contributed by atoms with Crippen molar-refractivity contribution in [2.24, 2.45) is 5.92 Å². The maximum absolute atomic E-state index is 5.59. The lowest BCUT2D eigenvalue weighted by Gasteiger charge is -2.22. The smallest absolute Gasteiger partial charge is 0.160 e. The minimum Gasteiger partial charge on any atom is -0.379 e. The van der Waals surface area contributed by atoms with Crippen LogP contribution in [0.15, 0.2) is 18.3 Å². The third kappa shape index (κ3) is 2.69. The highest BCUT2D eigenvalue weighted by Gasteiger charge is 2.25. The zero-order valence-corrected chi connectivity index (χ0v) is 13.0. The molecule has 4 rings (SSSR count). The van der Waals surface area contributed by atoms with Crippen LogP contribution in [0.25, 0.3) is 11.2 Å². The summed E-state index contributed by atoms with van der Waals surface area (Å²) in [6.07, 6.45) is 6.72. The van der Waals surface area contributed by atoms with Gasteiger partial charge in [0, 0.05) is 19.2 Å². The standard InChI is InChI=1S/C16H21N3OS/c1-4-14-16(17-6-1)19(13-5-7-20-10-13)15(18-14)9-12-3-2-8-21-11-12/h1,4,6,12-13H,2-3,5,7-11H2. The van der Waals surface area contributed by atoms with E-state index in [9.17, 15) is 0 Å². The average molecular weight is 303 g/mol. The van der Waals surface area contributed by atoms with Crippen molar-refractivity contribution < 1.29 is 4.74 Å². The van der Waals surface area contributed by atoms with Gasteiger partial charge in [0.2, 0.25) is 0 Å². The summed E-state index contributed by atoms with van der Waals surface area (Å²) in [5.41, 5.74) is 2.06. The molecule has 0 N–H and O–H groups in total. The summed E-state index contributed by atoms with van der Waals surface area (Å²) in [7, 11) is 0. The van der Waals surface area contributed by atoms with Gasteiger partial charge >= 0.3 is 0 Å². The summed E-state index contributed by atoms with van der Waals surface area (Å²) in [4.78, 5) is 9.47. The molecule has 4 nitrogen and oxygen atoms in total. The molecule has 112 valence electrons. The second-order valence-electron chi connectivity index (χ2n) is 6.05. The van der Waals surface area contributed by atoms with Crippen molar-refractivity contribution in [1.82, 2.24) is 14.5 Å². The fourth-order valence-corrected chi connectivity index (χ4v) is 4.61. The van der Waals surface area contributed by atoms with Crippen molar-refractivity contribution in [1.29, 1.82) is 0 Å². The lowest BCUT2D eigenvalue weighted by Crippen LogP contribution is -2.19. The molecule has 0 aliphatic carbocycles. The minimum atomic E-state index is 0.413. The number of aromatic nitrogens is 3. The van der Waals surface area contributed by atoms with Gasteiger partial charge < -0.3 is 9.30 Å². The molecule has 21 heavy (non-hydrogen) atoms. The van der Waals surface area contributed by atoms with Gasteiger partial charge in [-0.15, -0.1) is 0 Å². The molecule has 0 aromatic carbocycles. The molecule has 4 heterocycles. The van der Waals surface area contributed by atoms with Crippen LogP contribution in [0, 0.1) is 5.92 Å². The molecule has 2 atom stereocenters. The van der Waals surface area contributed by atoms with Crippen molar-refractivity contribution in [3.8, 4) is 0 Å². The summed E-state index contributed by atoms with van der Waals surface area (Å²) in [6.45, 7) is 1.66. The first-order valence-electron chi connectivity index (χ1n) is 7.89. The summed E-state index contributed by atoms with van der Waals surface area (Å²) >= 11 is 2.09. The van der Waals surface area contributed by atoms with Gasteiger partial charge in [0.15, 0.2) is 5.65 Å². The number of hydrogen-bond donors (Lipinski definition) is 0. The topological polar surface area (TPSA) is 39.9 Å². The highest BCUT2D eigenvalue weighted by Crippen LogP contribution is 2.30. The molecular weight excluding hydrogens is 282 g/mol. The van der Waals surface area contributed by atoms with Crippen LogP contribution in [0.5, 0.6) is 0 Å². The molecule has 2 unspecified atom stereocenters. The SMILES string of the molecule is c1cnc2c(c1)nc(CC1CCCSC1)n2C1CCOC1. The first-order valence-corrected chi connectivity index (χ1v) is 9.04. The van der Waals surface area contributed by atoms with Crippen molar-refractivity contribution in [2.75, 3.05) is 24.7 Å². The van der Waals surface area contributed by atoms with E-state index in [1.54, 1.807) is 0 Å². The minimum absolute atomic E-state index is 0.413. The monoisotopic (exact) mass is 303 g/mol. The van der Waals surface area contributed by atoms with Gasteiger partial charge in [-0.2, -0.15) is 11.8 Å². The molecule has 2 aromatic rings. The van der Waals surface area contributed by atoms with Gasteiger partial charge in [0.05, 0.1) is 12.6 Å². The number of nitrogens with zero attached hydrogens (tertiary/aromatic N) is 3. The second kappa shape index (κ2) is 5.97. The van der Waals surface area contributed by atoms with Crippen molar-refractivity contribution in [3.05, 3.63) is 24.2 Å². The van der Waals surface area contributed by atoms with E-state index in [0.717, 1.165) is 43.1 Å². The lowest BCUT2D eigenvalue weighted by molar-refractivity contribution is 0.186. The van der Waals surface area contributed by atoms with Crippen LogP contribution < -0.4 is 0 Å². The van der Waals surface area contributed by atoms with Gasteiger partial charge in [0.1, 0.15) is 11.3 Å². The number of ether oxygens (including phenoxy) is 1. The van der Waals surface area contributed by atoms with Gasteiger partial charge in [-0.05, 0) is 48.8 Å². The Labute approximate surface area is 129 Å². The fourth-order valence-electron chi connectivity index (χ4n) is 3.46. The van der Waals surface area contributed by atoms with E-state index in [1.807, 2.05) is 12.3 Å². The Kier molecular flexibility index (Phi) is 3.86. The van der Waals surface area contributed by atoms with Crippen LogP contribution in [0.2, 0.25) is 0 Å². The Morgan fingerprint density at radius 1 is 1.38 bits per heavy atom. The predicted octanol–water partition coefficient (Wildman–Crippen LogP) is 3.08. The molecule has 0 bridgehead atoms. The third-order valence-electron chi connectivity index (χ3n) is 4.52. The molecule has 0 spiro atoms. The molecule has 2 fully saturated rings. The number of imidazole rings is 1. The molecule has 2 aromatic heterocycles. The van der Waals surface area contributed by atoms with Crippen LogP contribution in [0.1, 0.15) is 31.1 Å². The number of pyridine rings is 1. The first-order chi connectivity index (χ1) is 10.4. The number of rotatable bonds is 3. The van der Waals surface area contributed by atoms with E-state index in [1.165, 1.54) is 30.2 Å². The van der Waals surface area contributed by atoms with E-state index in [2.05, 4.69) is 27.4 Å². The maximum Gasteiger partial charge on any atom is 0.160 e. The lowest BCUT2D eigenvalue weighted by atomic mass is 10.0. The van der Waals surface area contributed by atoms with E-state index in [4.69, 9.17) is 9.72 Å². The van der Waals surface area contributed by atoms with Crippen LogP contribution in [0.3, 0.4) is 0 Å². The normalized spacial score (nSPS) is 26.5. The van der Waals surface area contributed by atoms with Gasteiger partial charge in [0.25, 0.3) is 0 Å². The number of fused-ring (bicyclic) bond motifs is 1. The zero-order valence-electron chi connectivity index (χ0n) is 12.2. The largest absolute Gasteiger partial charge is 0.379 e. The second-order valence-corrected chi connectivity index (χ2v) is 7.20. The maximum atomic E-state index is 5.59. The molecule has 2 aliphatic heterocycles. The number of hydrogen-bond acceptors (Lipinski definition) is 4. The van der Waals surface area contributed by atoms with Crippen LogP contribution in [-0.2, 0) is 11.2 Å². The van der Waals surface area contributed by atoms with Crippen LogP contribution in [0.4, 0.5) is 0 Å². The van der Waals surface area contributed by atoms with Crippen molar-refractivity contribution in [3.63, 3.8) is 0 Å². The zero-order chi connectivity index (χ0) is 14.1. The Morgan fingerprint density at radius 3 is 3.19 bits per heavy atom. The fraction of sp³-hybridized carbons (Fsp3) is 0.625. The molecular formula is C16H21N3OS. The third-order valence-corrected chi connectivity index (χ3v) is 5.80. The van der Waals surface area contributed by atoms with Crippen LogP contribution in [-0.4, -0.2) is 39.3 Å². The van der Waals surface area contributed by atoms with E-state index in [0.29, 0.717) is 6.04 Å². The first kappa shape index (κ1) is 13.6. The predicted molar refractivity (Wildman–Crippen MR) is 85.8 cm³/mol. The highest BCUT2D eigenvalue weighted by molar-refractivity contribution is 7.99. The summed E-state index contributed by atoms with van der Waals surface area (Å²) in [5.74, 6) is 4.58. The quantitative estimate of drug-likeness (QED) is 0.873. The Morgan fingerprint density at radius 2 is 2.38 bits per heavy atom. The summed E-state index contributed by atoms with van der Waals surface area (Å²) in [6, 6.07) is 4.47. The molecule has 2 saturated heterocycles. The number of thioether (sulfide) groups is 1. The summed E-state index contributed by atoms with van der Waals surface area (Å²) < 4.78 is 7.96.